The van der Waals surface area contributed by atoms with Gasteiger partial charge in [-0.05, 0) is 30.2 Å². The Morgan fingerprint density at radius 1 is 1.30 bits per heavy atom. The van der Waals surface area contributed by atoms with Crippen LogP contribution in [0.5, 0.6) is 0 Å². The maximum Gasteiger partial charge on any atom is 0.240 e. The number of benzene rings is 2. The molecule has 27 heavy (non-hydrogen) atoms. The summed E-state index contributed by atoms with van der Waals surface area (Å²) in [6.07, 6.45) is 1.63. The van der Waals surface area contributed by atoms with Gasteiger partial charge >= 0.3 is 0 Å². The quantitative estimate of drug-likeness (QED) is 0.594. The van der Waals surface area contributed by atoms with Crippen LogP contribution in [0.3, 0.4) is 0 Å². The highest BCUT2D eigenvalue weighted by molar-refractivity contribution is 8.15. The minimum atomic E-state index is -0.545. The van der Waals surface area contributed by atoms with Crippen molar-refractivity contribution in [2.45, 2.75) is 18.6 Å². The Hall–Kier alpha value is -2.64. The van der Waals surface area contributed by atoms with Crippen LogP contribution in [-0.4, -0.2) is 28.4 Å². The molecule has 2 aromatic rings. The summed E-state index contributed by atoms with van der Waals surface area (Å²) in [5.74, 6) is -0.526. The molecule has 2 aromatic carbocycles. The van der Waals surface area contributed by atoms with Gasteiger partial charge in [0.1, 0.15) is 5.25 Å². The molecule has 1 aliphatic heterocycles. The highest BCUT2D eigenvalue weighted by Gasteiger charge is 2.32. The average molecular weight is 401 g/mol. The van der Waals surface area contributed by atoms with E-state index in [1.807, 2.05) is 43.3 Å². The normalized spacial score (nSPS) is 18.1. The fourth-order valence-corrected chi connectivity index (χ4v) is 3.43. The number of anilines is 1. The fraction of sp³-hybridized carbons (Fsp3) is 0.158. The molecule has 0 saturated carbocycles. The Bertz CT molecular complexity index is 915. The first-order chi connectivity index (χ1) is 13.0. The van der Waals surface area contributed by atoms with E-state index < -0.39 is 5.25 Å². The van der Waals surface area contributed by atoms with E-state index in [0.29, 0.717) is 15.9 Å². The lowest BCUT2D eigenvalue weighted by molar-refractivity contribution is -0.122. The molecule has 3 rings (SSSR count). The number of nitrogens with zero attached hydrogens (tertiary/aromatic N) is 2. The Labute approximate surface area is 166 Å². The van der Waals surface area contributed by atoms with Crippen molar-refractivity contribution in [3.63, 3.8) is 0 Å². The van der Waals surface area contributed by atoms with Crippen LogP contribution in [-0.2, 0) is 9.59 Å². The molecule has 8 heteroatoms. The van der Waals surface area contributed by atoms with Crippen molar-refractivity contribution in [3.8, 4) is 0 Å². The molecular weight excluding hydrogens is 384 g/mol. The van der Waals surface area contributed by atoms with E-state index in [2.05, 4.69) is 20.8 Å². The maximum absolute atomic E-state index is 12.2. The summed E-state index contributed by atoms with van der Waals surface area (Å²) in [5, 5.41) is 13.8. The predicted molar refractivity (Wildman–Crippen MR) is 110 cm³/mol. The summed E-state index contributed by atoms with van der Waals surface area (Å²) in [5.41, 5.74) is 2.43. The summed E-state index contributed by atoms with van der Waals surface area (Å²) >= 11 is 7.24. The SMILES string of the molecule is Cc1ccc(NC(=O)C[C@H]2S/C(=N/N=C\c3ccccc3)NC2=O)cc1Cl. The van der Waals surface area contributed by atoms with Gasteiger partial charge < -0.3 is 10.6 Å². The number of carbonyl (C=O) groups is 2. The number of aryl methyl sites for hydroxylation is 1. The van der Waals surface area contributed by atoms with E-state index >= 15 is 0 Å². The number of halogens is 1. The van der Waals surface area contributed by atoms with Crippen molar-refractivity contribution in [3.05, 3.63) is 64.7 Å². The van der Waals surface area contributed by atoms with Gasteiger partial charge in [-0.2, -0.15) is 5.10 Å². The average Bonchev–Trinajstić information content (AvgIpc) is 2.98. The lowest BCUT2D eigenvalue weighted by Gasteiger charge is -2.08. The van der Waals surface area contributed by atoms with Gasteiger partial charge in [-0.15, -0.1) is 5.10 Å². The molecule has 6 nitrogen and oxygen atoms in total. The van der Waals surface area contributed by atoms with E-state index in [0.717, 1.165) is 11.1 Å². The molecule has 1 heterocycles. The molecule has 1 saturated heterocycles. The van der Waals surface area contributed by atoms with Crippen LogP contribution < -0.4 is 10.6 Å². The molecule has 0 aliphatic carbocycles. The van der Waals surface area contributed by atoms with Crippen molar-refractivity contribution >= 4 is 52.2 Å². The summed E-state index contributed by atoms with van der Waals surface area (Å²) in [6, 6.07) is 14.8. The van der Waals surface area contributed by atoms with Crippen LogP contribution >= 0.6 is 23.4 Å². The highest BCUT2D eigenvalue weighted by atomic mass is 35.5. The Morgan fingerprint density at radius 2 is 2.07 bits per heavy atom. The molecule has 1 atom stereocenters. The van der Waals surface area contributed by atoms with Gasteiger partial charge in [0.2, 0.25) is 11.8 Å². The van der Waals surface area contributed by atoms with Crippen molar-refractivity contribution in [1.29, 1.82) is 0 Å². The van der Waals surface area contributed by atoms with E-state index in [1.165, 1.54) is 11.8 Å². The second-order valence-electron chi connectivity index (χ2n) is 5.87. The summed E-state index contributed by atoms with van der Waals surface area (Å²) < 4.78 is 0. The third-order valence-corrected chi connectivity index (χ3v) is 5.24. The molecular formula is C19H17ClN4O2S. The van der Waals surface area contributed by atoms with Gasteiger partial charge in [-0.25, -0.2) is 0 Å². The summed E-state index contributed by atoms with van der Waals surface area (Å²) in [7, 11) is 0. The van der Waals surface area contributed by atoms with E-state index in [-0.39, 0.29) is 18.2 Å². The topological polar surface area (TPSA) is 82.9 Å². The van der Waals surface area contributed by atoms with Crippen molar-refractivity contribution in [2.24, 2.45) is 10.2 Å². The Morgan fingerprint density at radius 3 is 2.81 bits per heavy atom. The maximum atomic E-state index is 12.2. The molecule has 1 fully saturated rings. The monoisotopic (exact) mass is 400 g/mol. The largest absolute Gasteiger partial charge is 0.326 e. The summed E-state index contributed by atoms with van der Waals surface area (Å²) in [4.78, 5) is 24.2. The standard InChI is InChI=1S/C19H17ClN4O2S/c1-12-7-8-14(9-15(12)20)22-17(25)10-16-18(26)23-19(27-16)24-21-11-13-5-3-2-4-6-13/h2-9,11,16H,10H2,1H3,(H,22,25)(H,23,24,26)/b21-11-/t16-/m1/s1. The fourth-order valence-electron chi connectivity index (χ4n) is 2.32. The minimum absolute atomic E-state index is 0.0312. The van der Waals surface area contributed by atoms with Gasteiger partial charge in [-0.3, -0.25) is 9.59 Å². The molecule has 0 unspecified atom stereocenters. The second kappa shape index (κ2) is 8.83. The van der Waals surface area contributed by atoms with Gasteiger partial charge in [0, 0.05) is 17.1 Å². The number of hydrogen-bond donors (Lipinski definition) is 2. The minimum Gasteiger partial charge on any atom is -0.326 e. The molecule has 2 N–H and O–H groups in total. The first-order valence-corrected chi connectivity index (χ1v) is 9.46. The van der Waals surface area contributed by atoms with Gasteiger partial charge in [-0.1, -0.05) is 59.8 Å². The van der Waals surface area contributed by atoms with Gasteiger partial charge in [0.15, 0.2) is 5.17 Å². The second-order valence-corrected chi connectivity index (χ2v) is 7.47. The van der Waals surface area contributed by atoms with Crippen molar-refractivity contribution < 1.29 is 9.59 Å². The zero-order valence-electron chi connectivity index (χ0n) is 14.5. The summed E-state index contributed by atoms with van der Waals surface area (Å²) in [6.45, 7) is 1.88. The third-order valence-electron chi connectivity index (χ3n) is 3.76. The van der Waals surface area contributed by atoms with Crippen LogP contribution in [0.1, 0.15) is 17.5 Å². The van der Waals surface area contributed by atoms with Crippen LogP contribution in [0.15, 0.2) is 58.7 Å². The zero-order valence-corrected chi connectivity index (χ0v) is 16.1. The van der Waals surface area contributed by atoms with E-state index in [1.54, 1.807) is 18.3 Å². The smallest absolute Gasteiger partial charge is 0.240 e. The number of amides is 2. The van der Waals surface area contributed by atoms with Crippen LogP contribution in [0, 0.1) is 6.92 Å². The molecule has 0 bridgehead atoms. The molecule has 138 valence electrons. The first-order valence-electron chi connectivity index (χ1n) is 8.21. The van der Waals surface area contributed by atoms with Crippen molar-refractivity contribution in [1.82, 2.24) is 5.32 Å². The molecule has 1 aliphatic rings. The molecule has 0 spiro atoms. The number of amidine groups is 1. The van der Waals surface area contributed by atoms with Crippen molar-refractivity contribution in [2.75, 3.05) is 5.32 Å². The van der Waals surface area contributed by atoms with Gasteiger partial charge in [0.05, 0.1) is 6.21 Å². The first kappa shape index (κ1) is 19.1. The Balaban J connectivity index is 1.55. The van der Waals surface area contributed by atoms with E-state index in [9.17, 15) is 9.59 Å². The number of hydrogen-bond acceptors (Lipinski definition) is 5. The van der Waals surface area contributed by atoms with Crippen LogP contribution in [0.2, 0.25) is 5.02 Å². The Kier molecular flexibility index (Phi) is 6.26. The number of nitrogens with one attached hydrogen (secondary N) is 2. The number of carbonyl (C=O) groups excluding carboxylic acids is 2. The number of thioether (sulfide) groups is 1. The highest BCUT2D eigenvalue weighted by Crippen LogP contribution is 2.24. The van der Waals surface area contributed by atoms with E-state index in [4.69, 9.17) is 11.6 Å². The van der Waals surface area contributed by atoms with Gasteiger partial charge in [0.25, 0.3) is 0 Å². The lowest BCUT2D eigenvalue weighted by atomic mass is 10.2. The third kappa shape index (κ3) is 5.42. The molecule has 2 amide bonds. The number of rotatable bonds is 5. The molecule has 0 radical (unpaired) electrons. The zero-order chi connectivity index (χ0) is 19.2. The molecule has 0 aromatic heterocycles. The predicted octanol–water partition coefficient (Wildman–Crippen LogP) is 3.60. The van der Waals surface area contributed by atoms with Crippen LogP contribution in [0.25, 0.3) is 0 Å². The lowest BCUT2D eigenvalue weighted by Crippen LogP contribution is -2.28. The van der Waals surface area contributed by atoms with Crippen LogP contribution in [0.4, 0.5) is 5.69 Å².